The van der Waals surface area contributed by atoms with Crippen LogP contribution in [0.5, 0.6) is 0 Å². The largest absolute Gasteiger partial charge is 0.339 e. The van der Waals surface area contributed by atoms with Crippen molar-refractivity contribution >= 4 is 17.2 Å². The zero-order chi connectivity index (χ0) is 16.7. The molecule has 3 aromatic rings. The molecule has 24 heavy (non-hydrogen) atoms. The normalized spacial score (nSPS) is 17.6. The second-order valence-corrected chi connectivity index (χ2v) is 7.28. The van der Waals surface area contributed by atoms with E-state index in [0.717, 1.165) is 17.0 Å². The van der Waals surface area contributed by atoms with Crippen LogP contribution in [0.1, 0.15) is 39.4 Å². The van der Waals surface area contributed by atoms with Crippen molar-refractivity contribution in [3.05, 3.63) is 40.5 Å². The Hall–Kier alpha value is -2.48. The van der Waals surface area contributed by atoms with Crippen molar-refractivity contribution in [3.8, 4) is 10.6 Å². The lowest BCUT2D eigenvalue weighted by atomic mass is 10.1. The van der Waals surface area contributed by atoms with E-state index >= 15 is 0 Å². The van der Waals surface area contributed by atoms with E-state index in [4.69, 9.17) is 4.52 Å². The van der Waals surface area contributed by atoms with E-state index in [1.807, 2.05) is 12.1 Å². The van der Waals surface area contributed by atoms with Gasteiger partial charge in [-0.2, -0.15) is 10.1 Å². The molecule has 0 bridgehead atoms. The zero-order valence-electron chi connectivity index (χ0n) is 13.4. The summed E-state index contributed by atoms with van der Waals surface area (Å²) in [6.07, 6.45) is 0.828. The van der Waals surface area contributed by atoms with Gasteiger partial charge in [0.15, 0.2) is 11.5 Å². The fourth-order valence-corrected chi connectivity index (χ4v) is 3.76. The monoisotopic (exact) mass is 343 g/mol. The molecule has 0 aliphatic carbocycles. The molecule has 0 unspecified atom stereocenters. The van der Waals surface area contributed by atoms with Crippen molar-refractivity contribution in [2.45, 2.75) is 26.2 Å². The number of nitrogens with zero attached hydrogens (tertiary/aromatic N) is 4. The molecule has 1 amide bonds. The summed E-state index contributed by atoms with van der Waals surface area (Å²) in [5.41, 5.74) is 1.32. The molecule has 1 atom stereocenters. The number of carbonyl (C=O) groups excluding carboxylic acids is 1. The van der Waals surface area contributed by atoms with E-state index in [1.54, 1.807) is 23.2 Å². The molecule has 1 aliphatic rings. The topological polar surface area (TPSA) is 87.9 Å². The van der Waals surface area contributed by atoms with Crippen LogP contribution >= 0.6 is 11.3 Å². The fraction of sp³-hybridized carbons (Fsp3) is 0.375. The Morgan fingerprint density at radius 1 is 1.42 bits per heavy atom. The average molecular weight is 343 g/mol. The number of thiophene rings is 1. The van der Waals surface area contributed by atoms with Gasteiger partial charge in [-0.15, -0.1) is 11.3 Å². The smallest absolute Gasteiger partial charge is 0.274 e. The van der Waals surface area contributed by atoms with Crippen LogP contribution in [0, 0.1) is 13.8 Å². The van der Waals surface area contributed by atoms with Crippen LogP contribution in [0.2, 0.25) is 0 Å². The first-order valence-electron chi connectivity index (χ1n) is 7.82. The molecule has 8 heteroatoms. The molecular formula is C16H17N5O2S. The number of amides is 1. The first kappa shape index (κ1) is 15.1. The van der Waals surface area contributed by atoms with Gasteiger partial charge in [-0.05, 0) is 38.5 Å². The lowest BCUT2D eigenvalue weighted by Crippen LogP contribution is -2.28. The van der Waals surface area contributed by atoms with Gasteiger partial charge in [0.25, 0.3) is 5.91 Å². The van der Waals surface area contributed by atoms with Crippen molar-refractivity contribution in [3.63, 3.8) is 0 Å². The molecular weight excluding hydrogens is 326 g/mol. The number of aromatic nitrogens is 4. The lowest BCUT2D eigenvalue weighted by molar-refractivity contribution is 0.0783. The van der Waals surface area contributed by atoms with Crippen LogP contribution in [0.25, 0.3) is 10.6 Å². The number of nitrogens with one attached hydrogen (secondary N) is 1. The quantitative estimate of drug-likeness (QED) is 0.790. The van der Waals surface area contributed by atoms with Crippen LogP contribution in [0.3, 0.4) is 0 Å². The third-order valence-electron chi connectivity index (χ3n) is 4.17. The summed E-state index contributed by atoms with van der Waals surface area (Å²) in [7, 11) is 0. The van der Waals surface area contributed by atoms with Gasteiger partial charge in [0.1, 0.15) is 0 Å². The molecule has 0 spiro atoms. The van der Waals surface area contributed by atoms with Crippen molar-refractivity contribution in [1.29, 1.82) is 0 Å². The van der Waals surface area contributed by atoms with Crippen molar-refractivity contribution in [1.82, 2.24) is 25.2 Å². The van der Waals surface area contributed by atoms with Gasteiger partial charge in [0.05, 0.1) is 16.5 Å². The molecule has 1 saturated heterocycles. The highest BCUT2D eigenvalue weighted by atomic mass is 32.1. The van der Waals surface area contributed by atoms with Gasteiger partial charge in [0, 0.05) is 18.0 Å². The van der Waals surface area contributed by atoms with E-state index in [-0.39, 0.29) is 11.8 Å². The molecule has 4 rings (SSSR count). The summed E-state index contributed by atoms with van der Waals surface area (Å²) in [5.74, 6) is 1.27. The van der Waals surface area contributed by atoms with Crippen molar-refractivity contribution in [2.24, 2.45) is 0 Å². The minimum absolute atomic E-state index is 0.0653. The predicted molar refractivity (Wildman–Crippen MR) is 88.9 cm³/mol. The second kappa shape index (κ2) is 5.86. The number of aromatic amines is 1. The summed E-state index contributed by atoms with van der Waals surface area (Å²) in [4.78, 5) is 21.0. The number of H-pyrrole nitrogens is 1. The molecule has 0 radical (unpaired) electrons. The maximum Gasteiger partial charge on any atom is 0.274 e. The first-order chi connectivity index (χ1) is 11.6. The number of carbonyl (C=O) groups is 1. The molecule has 1 fully saturated rings. The maximum absolute atomic E-state index is 12.7. The molecule has 0 saturated carbocycles. The molecule has 1 aliphatic heterocycles. The maximum atomic E-state index is 12.7. The number of hydrogen-bond donors (Lipinski definition) is 1. The predicted octanol–water partition coefficient (Wildman–Crippen LogP) is 2.77. The first-order valence-corrected chi connectivity index (χ1v) is 8.63. The summed E-state index contributed by atoms with van der Waals surface area (Å²) >= 11 is 1.67. The Labute approximate surface area is 142 Å². The molecule has 1 N–H and O–H groups in total. The minimum atomic E-state index is -0.0653. The number of aryl methyl sites for hydroxylation is 2. The van der Waals surface area contributed by atoms with Crippen LogP contribution in [-0.4, -0.2) is 44.2 Å². The highest BCUT2D eigenvalue weighted by molar-refractivity contribution is 7.15. The minimum Gasteiger partial charge on any atom is -0.339 e. The van der Waals surface area contributed by atoms with Gasteiger partial charge in [-0.25, -0.2) is 0 Å². The van der Waals surface area contributed by atoms with E-state index in [9.17, 15) is 4.79 Å². The lowest BCUT2D eigenvalue weighted by Gasteiger charge is -2.13. The Morgan fingerprint density at radius 3 is 3.00 bits per heavy atom. The summed E-state index contributed by atoms with van der Waals surface area (Å²) in [6.45, 7) is 5.11. The second-order valence-electron chi connectivity index (χ2n) is 5.99. The Bertz CT molecular complexity index is 881. The van der Waals surface area contributed by atoms with Crippen LogP contribution in [0.15, 0.2) is 22.7 Å². The van der Waals surface area contributed by atoms with E-state index in [1.165, 1.54) is 4.88 Å². The fourth-order valence-electron chi connectivity index (χ4n) is 2.92. The SMILES string of the molecule is Cc1noc([C@H]2CCN(C(=O)c3cc(-c4ccc(C)s4)[nH]n3)C2)n1. The van der Waals surface area contributed by atoms with E-state index in [0.29, 0.717) is 30.5 Å². The van der Waals surface area contributed by atoms with Crippen LogP contribution < -0.4 is 0 Å². The van der Waals surface area contributed by atoms with E-state index < -0.39 is 0 Å². The van der Waals surface area contributed by atoms with Gasteiger partial charge < -0.3 is 9.42 Å². The third kappa shape index (κ3) is 2.73. The zero-order valence-corrected chi connectivity index (χ0v) is 14.3. The van der Waals surface area contributed by atoms with Crippen molar-refractivity contribution < 1.29 is 9.32 Å². The molecule has 0 aromatic carbocycles. The molecule has 4 heterocycles. The molecule has 7 nitrogen and oxygen atoms in total. The summed E-state index contributed by atoms with van der Waals surface area (Å²) < 4.78 is 5.23. The van der Waals surface area contributed by atoms with Gasteiger partial charge >= 0.3 is 0 Å². The Kier molecular flexibility index (Phi) is 3.68. The van der Waals surface area contributed by atoms with Gasteiger partial charge in [-0.3, -0.25) is 9.89 Å². The molecule has 3 aromatic heterocycles. The van der Waals surface area contributed by atoms with Crippen LogP contribution in [-0.2, 0) is 0 Å². The van der Waals surface area contributed by atoms with Crippen molar-refractivity contribution in [2.75, 3.05) is 13.1 Å². The Balaban J connectivity index is 1.47. The number of hydrogen-bond acceptors (Lipinski definition) is 6. The van der Waals surface area contributed by atoms with Gasteiger partial charge in [0.2, 0.25) is 5.89 Å². The average Bonchev–Trinajstić information content (AvgIpc) is 3.33. The summed E-state index contributed by atoms with van der Waals surface area (Å²) in [6, 6.07) is 5.91. The highest BCUT2D eigenvalue weighted by Gasteiger charge is 2.32. The summed E-state index contributed by atoms with van der Waals surface area (Å²) in [5, 5.41) is 11.0. The third-order valence-corrected chi connectivity index (χ3v) is 5.20. The molecule has 124 valence electrons. The highest BCUT2D eigenvalue weighted by Crippen LogP contribution is 2.29. The van der Waals surface area contributed by atoms with E-state index in [2.05, 4.69) is 33.3 Å². The van der Waals surface area contributed by atoms with Gasteiger partial charge in [-0.1, -0.05) is 5.16 Å². The number of rotatable bonds is 3. The Morgan fingerprint density at radius 2 is 2.29 bits per heavy atom. The van der Waals surface area contributed by atoms with Crippen LogP contribution in [0.4, 0.5) is 0 Å². The standard InChI is InChI=1S/C16H17N5O2S/c1-9-3-4-14(24-9)12-7-13(19-18-12)16(22)21-6-5-11(8-21)15-17-10(2)20-23-15/h3-4,7,11H,5-6,8H2,1-2H3,(H,18,19)/t11-/m0/s1. The number of likely N-dealkylation sites (tertiary alicyclic amines) is 1.